The lowest BCUT2D eigenvalue weighted by Crippen LogP contribution is -2.29. The van der Waals surface area contributed by atoms with Gasteiger partial charge in [-0.05, 0) is 19.2 Å². The summed E-state index contributed by atoms with van der Waals surface area (Å²) in [6.07, 6.45) is 0. The van der Waals surface area contributed by atoms with Crippen LogP contribution in [0.2, 0.25) is 0 Å². The van der Waals surface area contributed by atoms with Gasteiger partial charge in [0.15, 0.2) is 0 Å². The van der Waals surface area contributed by atoms with E-state index in [1.807, 2.05) is 6.92 Å². The Balaban J connectivity index is 2.94. The molecule has 0 aromatic heterocycles. The van der Waals surface area contributed by atoms with Crippen molar-refractivity contribution in [3.05, 3.63) is 18.2 Å². The average molecular weight is 279 g/mol. The Morgan fingerprint density at radius 3 is 2.50 bits per heavy atom. The molecule has 1 atom stereocenters. The highest BCUT2D eigenvalue weighted by Crippen LogP contribution is 2.27. The maximum absolute atomic E-state index is 12.0. The molecule has 0 bridgehead atoms. The van der Waals surface area contributed by atoms with Crippen LogP contribution in [0.1, 0.15) is 13.8 Å². The van der Waals surface area contributed by atoms with Gasteiger partial charge in [-0.3, -0.25) is 9.59 Å². The molecule has 0 saturated carbocycles. The summed E-state index contributed by atoms with van der Waals surface area (Å²) >= 11 is 0. The third kappa shape index (κ3) is 4.55. The van der Waals surface area contributed by atoms with Crippen LogP contribution in [-0.2, 0) is 9.59 Å². The van der Waals surface area contributed by atoms with Crippen LogP contribution in [-0.4, -0.2) is 32.5 Å². The van der Waals surface area contributed by atoms with Gasteiger partial charge in [-0.1, -0.05) is 6.92 Å². The molecule has 0 saturated heterocycles. The molecule has 6 nitrogen and oxygen atoms in total. The topological polar surface area (TPSA) is 79.5 Å². The molecule has 1 rings (SSSR count). The van der Waals surface area contributed by atoms with E-state index in [1.54, 1.807) is 32.4 Å². The van der Waals surface area contributed by atoms with E-state index in [1.165, 1.54) is 6.92 Å². The molecular weight excluding hydrogens is 258 g/mol. The third-order valence-electron chi connectivity index (χ3n) is 2.75. The zero-order chi connectivity index (χ0) is 15.1. The third-order valence-corrected chi connectivity index (χ3v) is 2.75. The molecule has 0 aliphatic rings. The number of anilines is 2. The number of rotatable bonds is 6. The van der Waals surface area contributed by atoms with Crippen molar-refractivity contribution in [2.75, 3.05) is 31.3 Å². The number of benzene rings is 1. The monoisotopic (exact) mass is 279 g/mol. The first-order valence-electron chi connectivity index (χ1n) is 6.39. The van der Waals surface area contributed by atoms with Crippen LogP contribution in [0, 0.1) is 5.92 Å². The summed E-state index contributed by atoms with van der Waals surface area (Å²) in [5.74, 6) is 0.0974. The minimum Gasteiger partial charge on any atom is -0.497 e. The number of carbonyl (C=O) groups excluding carboxylic acids is 2. The fourth-order valence-corrected chi connectivity index (χ4v) is 1.71. The summed E-state index contributed by atoms with van der Waals surface area (Å²) < 4.78 is 5.13. The van der Waals surface area contributed by atoms with Gasteiger partial charge in [0.2, 0.25) is 11.8 Å². The molecule has 3 N–H and O–H groups in total. The number of methoxy groups -OCH3 is 1. The molecule has 1 unspecified atom stereocenters. The maximum Gasteiger partial charge on any atom is 0.228 e. The molecule has 0 fully saturated rings. The summed E-state index contributed by atoms with van der Waals surface area (Å²) in [4.78, 5) is 23.2. The molecule has 1 aromatic carbocycles. The molecule has 110 valence electrons. The van der Waals surface area contributed by atoms with Crippen LogP contribution in [0.25, 0.3) is 0 Å². The standard InChI is InChI=1S/C14H21N3O3/c1-9(8-15-3)14(19)17-13-7-11(20-4)5-6-12(13)16-10(2)18/h5-7,9,15H,8H2,1-4H3,(H,16,18)(H,17,19). The van der Waals surface area contributed by atoms with E-state index in [-0.39, 0.29) is 17.7 Å². The maximum atomic E-state index is 12.0. The highest BCUT2D eigenvalue weighted by molar-refractivity contribution is 5.99. The van der Waals surface area contributed by atoms with Gasteiger partial charge >= 0.3 is 0 Å². The second kappa shape index (κ2) is 7.49. The lowest BCUT2D eigenvalue weighted by atomic mass is 10.1. The predicted octanol–water partition coefficient (Wildman–Crippen LogP) is 1.45. The molecule has 0 aliphatic carbocycles. The van der Waals surface area contributed by atoms with Crippen molar-refractivity contribution in [1.29, 1.82) is 0 Å². The van der Waals surface area contributed by atoms with Crippen molar-refractivity contribution in [1.82, 2.24) is 5.32 Å². The van der Waals surface area contributed by atoms with Crippen LogP contribution in [0.5, 0.6) is 5.75 Å². The Morgan fingerprint density at radius 2 is 1.95 bits per heavy atom. The first-order chi connectivity index (χ1) is 9.47. The summed E-state index contributed by atoms with van der Waals surface area (Å²) in [5, 5.41) is 8.43. The molecule has 0 aliphatic heterocycles. The van der Waals surface area contributed by atoms with E-state index in [9.17, 15) is 9.59 Å². The van der Waals surface area contributed by atoms with Crippen LogP contribution in [0.3, 0.4) is 0 Å². The molecule has 0 radical (unpaired) electrons. The van der Waals surface area contributed by atoms with Gasteiger partial charge < -0.3 is 20.7 Å². The van der Waals surface area contributed by atoms with Gasteiger partial charge in [0, 0.05) is 25.5 Å². The summed E-state index contributed by atoms with van der Waals surface area (Å²) in [6.45, 7) is 3.81. The Morgan fingerprint density at radius 1 is 1.25 bits per heavy atom. The average Bonchev–Trinajstić information content (AvgIpc) is 2.40. The quantitative estimate of drug-likeness (QED) is 0.736. The van der Waals surface area contributed by atoms with Crippen LogP contribution in [0.4, 0.5) is 11.4 Å². The van der Waals surface area contributed by atoms with Crippen molar-refractivity contribution < 1.29 is 14.3 Å². The van der Waals surface area contributed by atoms with Crippen molar-refractivity contribution in [3.63, 3.8) is 0 Å². The van der Waals surface area contributed by atoms with E-state index in [2.05, 4.69) is 16.0 Å². The Bertz CT molecular complexity index is 489. The normalized spacial score (nSPS) is 11.6. The molecule has 2 amide bonds. The van der Waals surface area contributed by atoms with Gasteiger partial charge in [0.25, 0.3) is 0 Å². The van der Waals surface area contributed by atoms with Gasteiger partial charge in [-0.15, -0.1) is 0 Å². The van der Waals surface area contributed by atoms with Crippen LogP contribution in [0.15, 0.2) is 18.2 Å². The first kappa shape index (κ1) is 16.0. The lowest BCUT2D eigenvalue weighted by molar-refractivity contribution is -0.119. The summed E-state index contributed by atoms with van der Waals surface area (Å²) in [7, 11) is 3.33. The second-order valence-electron chi connectivity index (χ2n) is 4.54. The molecule has 6 heteroatoms. The Hall–Kier alpha value is -2.08. The van der Waals surface area contributed by atoms with Gasteiger partial charge in [-0.2, -0.15) is 0 Å². The van der Waals surface area contributed by atoms with Gasteiger partial charge in [0.05, 0.1) is 18.5 Å². The fourth-order valence-electron chi connectivity index (χ4n) is 1.71. The Labute approximate surface area is 118 Å². The zero-order valence-corrected chi connectivity index (χ0v) is 12.2. The van der Waals surface area contributed by atoms with Crippen LogP contribution >= 0.6 is 0 Å². The van der Waals surface area contributed by atoms with Crippen molar-refractivity contribution in [3.8, 4) is 5.75 Å². The lowest BCUT2D eigenvalue weighted by Gasteiger charge is -2.15. The van der Waals surface area contributed by atoms with E-state index < -0.39 is 0 Å². The smallest absolute Gasteiger partial charge is 0.228 e. The fraction of sp³-hybridized carbons (Fsp3) is 0.429. The number of carbonyl (C=O) groups is 2. The van der Waals surface area contributed by atoms with E-state index in [4.69, 9.17) is 4.74 Å². The van der Waals surface area contributed by atoms with Crippen molar-refractivity contribution in [2.24, 2.45) is 5.92 Å². The first-order valence-corrected chi connectivity index (χ1v) is 6.39. The number of nitrogens with one attached hydrogen (secondary N) is 3. The van der Waals surface area contributed by atoms with Gasteiger partial charge in [-0.25, -0.2) is 0 Å². The van der Waals surface area contributed by atoms with E-state index in [0.29, 0.717) is 23.7 Å². The minimum absolute atomic E-state index is 0.126. The molecule has 1 aromatic rings. The van der Waals surface area contributed by atoms with Crippen LogP contribution < -0.4 is 20.7 Å². The largest absolute Gasteiger partial charge is 0.497 e. The number of hydrogen-bond donors (Lipinski definition) is 3. The molecule has 20 heavy (non-hydrogen) atoms. The zero-order valence-electron chi connectivity index (χ0n) is 12.2. The molecular formula is C14H21N3O3. The molecule has 0 heterocycles. The van der Waals surface area contributed by atoms with Gasteiger partial charge in [0.1, 0.15) is 5.75 Å². The minimum atomic E-state index is -0.200. The number of ether oxygens (including phenoxy) is 1. The number of hydrogen-bond acceptors (Lipinski definition) is 4. The highest BCUT2D eigenvalue weighted by atomic mass is 16.5. The number of amides is 2. The molecule has 0 spiro atoms. The predicted molar refractivity (Wildman–Crippen MR) is 79.0 cm³/mol. The van der Waals surface area contributed by atoms with E-state index >= 15 is 0 Å². The summed E-state index contributed by atoms with van der Waals surface area (Å²) in [6, 6.07) is 5.09. The Kier molecular flexibility index (Phi) is 5.99. The van der Waals surface area contributed by atoms with Crippen molar-refractivity contribution in [2.45, 2.75) is 13.8 Å². The van der Waals surface area contributed by atoms with E-state index in [0.717, 1.165) is 0 Å². The highest BCUT2D eigenvalue weighted by Gasteiger charge is 2.15. The van der Waals surface area contributed by atoms with Crippen molar-refractivity contribution >= 4 is 23.2 Å². The summed E-state index contributed by atoms with van der Waals surface area (Å²) in [5.41, 5.74) is 1.07. The SMILES string of the molecule is CNCC(C)C(=O)Nc1cc(OC)ccc1NC(C)=O. The second-order valence-corrected chi connectivity index (χ2v) is 4.54.